The molecule has 1 aromatic carbocycles. The van der Waals surface area contributed by atoms with E-state index in [9.17, 15) is 0 Å². The van der Waals surface area contributed by atoms with Crippen LogP contribution in [0.5, 0.6) is 5.75 Å². The van der Waals surface area contributed by atoms with Crippen LogP contribution in [0.1, 0.15) is 12.8 Å². The summed E-state index contributed by atoms with van der Waals surface area (Å²) in [5, 5.41) is 13.3. The number of piperidine rings is 1. The minimum Gasteiger partial charge on any atom is -0.489 e. The summed E-state index contributed by atoms with van der Waals surface area (Å²) in [5.74, 6) is 0.807. The van der Waals surface area contributed by atoms with Crippen molar-refractivity contribution in [1.82, 2.24) is 35.5 Å². The minimum absolute atomic E-state index is 0.230. The molecule has 1 aliphatic heterocycles. The second-order valence-corrected chi connectivity index (χ2v) is 9.36. The minimum atomic E-state index is 0.230. The molecule has 1 aliphatic rings. The van der Waals surface area contributed by atoms with E-state index in [-0.39, 0.29) is 6.10 Å². The maximum Gasteiger partial charge on any atom is 0.138 e. The van der Waals surface area contributed by atoms with Crippen molar-refractivity contribution in [3.8, 4) is 39.5 Å². The molecule has 0 unspecified atom stereocenters. The van der Waals surface area contributed by atoms with Crippen molar-refractivity contribution in [2.24, 2.45) is 0 Å². The Bertz CT molecular complexity index is 1700. The molecule has 1 fully saturated rings. The van der Waals surface area contributed by atoms with Gasteiger partial charge in [-0.05, 0) is 67.9 Å². The van der Waals surface area contributed by atoms with Crippen molar-refractivity contribution in [2.45, 2.75) is 18.9 Å². The first-order valence-corrected chi connectivity index (χ1v) is 12.5. The average Bonchev–Trinajstić information content (AvgIpc) is 3.58. The molecule has 0 amide bonds. The van der Waals surface area contributed by atoms with Gasteiger partial charge in [-0.25, -0.2) is 0 Å². The third-order valence-corrected chi connectivity index (χ3v) is 6.94. The van der Waals surface area contributed by atoms with E-state index in [4.69, 9.17) is 4.74 Å². The Morgan fingerprint density at radius 1 is 0.811 bits per heavy atom. The van der Waals surface area contributed by atoms with Gasteiger partial charge in [-0.3, -0.25) is 20.1 Å². The van der Waals surface area contributed by atoms with Crippen molar-refractivity contribution < 1.29 is 4.74 Å². The van der Waals surface area contributed by atoms with E-state index < -0.39 is 0 Å². The summed E-state index contributed by atoms with van der Waals surface area (Å²) in [4.78, 5) is 16.9. The Morgan fingerprint density at radius 2 is 1.73 bits per heavy atom. The zero-order valence-electron chi connectivity index (χ0n) is 20.1. The molecule has 1 saturated heterocycles. The Kier molecular flexibility index (Phi) is 5.36. The van der Waals surface area contributed by atoms with Crippen LogP contribution in [0.15, 0.2) is 79.5 Å². The van der Waals surface area contributed by atoms with Gasteiger partial charge in [0.05, 0.1) is 34.8 Å². The average molecular weight is 488 g/mol. The normalized spacial score (nSPS) is 14.4. The molecule has 5 aromatic heterocycles. The van der Waals surface area contributed by atoms with Gasteiger partial charge in [0.15, 0.2) is 0 Å². The number of aromatic nitrogens is 6. The number of hydrogen-bond acceptors (Lipinski definition) is 6. The van der Waals surface area contributed by atoms with Crippen molar-refractivity contribution in [2.75, 3.05) is 13.1 Å². The van der Waals surface area contributed by atoms with E-state index >= 15 is 0 Å². The maximum absolute atomic E-state index is 6.23. The topological polar surface area (TPSA) is 104 Å². The number of rotatable bonds is 5. The van der Waals surface area contributed by atoms with Crippen LogP contribution in [0.2, 0.25) is 0 Å². The third kappa shape index (κ3) is 4.11. The van der Waals surface area contributed by atoms with Crippen LogP contribution < -0.4 is 10.1 Å². The predicted octanol–water partition coefficient (Wildman–Crippen LogP) is 5.36. The molecular weight excluding hydrogens is 462 g/mol. The number of hydrogen-bond donors (Lipinski definition) is 3. The highest BCUT2D eigenvalue weighted by molar-refractivity contribution is 6.01. The zero-order chi connectivity index (χ0) is 24.6. The molecule has 0 bridgehead atoms. The van der Waals surface area contributed by atoms with Crippen molar-refractivity contribution in [1.29, 1.82) is 0 Å². The lowest BCUT2D eigenvalue weighted by Crippen LogP contribution is -2.34. The van der Waals surface area contributed by atoms with Gasteiger partial charge in [-0.2, -0.15) is 5.10 Å². The Labute approximate surface area is 213 Å². The molecule has 0 spiro atoms. The maximum atomic E-state index is 6.23. The summed E-state index contributed by atoms with van der Waals surface area (Å²) in [7, 11) is 0. The van der Waals surface area contributed by atoms with E-state index in [0.717, 1.165) is 87.3 Å². The molecule has 0 radical (unpaired) electrons. The molecule has 7 rings (SSSR count). The van der Waals surface area contributed by atoms with Crippen LogP contribution in [0.25, 0.3) is 55.6 Å². The summed E-state index contributed by atoms with van der Waals surface area (Å²) < 4.78 is 6.23. The van der Waals surface area contributed by atoms with Crippen LogP contribution in [0.4, 0.5) is 0 Å². The van der Waals surface area contributed by atoms with E-state index in [2.05, 4.69) is 65.8 Å². The summed E-state index contributed by atoms with van der Waals surface area (Å²) in [6, 6.07) is 16.4. The fourth-order valence-corrected chi connectivity index (χ4v) is 5.05. The number of ether oxygens (including phenoxy) is 1. The fraction of sp³-hybridized carbons (Fsp3) is 0.172. The summed E-state index contributed by atoms with van der Waals surface area (Å²) >= 11 is 0. The standard InChI is InChI=1S/C29H25N7O/c1-2-8-33-25(3-1)24-16-32-17-28-22(24)13-27(34-28)29-23-12-18(4-5-26(23)35-36-29)19-11-21(15-31-14-19)37-20-6-9-30-10-7-20/h1-5,8,11-17,20,30,34H,6-7,9-10H2,(H,35,36). The smallest absolute Gasteiger partial charge is 0.138 e. The lowest BCUT2D eigenvalue weighted by Gasteiger charge is -2.23. The lowest BCUT2D eigenvalue weighted by atomic mass is 10.0. The van der Waals surface area contributed by atoms with Crippen molar-refractivity contribution in [3.05, 3.63) is 79.5 Å². The molecule has 6 aromatic rings. The first kappa shape index (κ1) is 21.7. The second kappa shape index (κ2) is 9.15. The first-order valence-electron chi connectivity index (χ1n) is 12.5. The highest BCUT2D eigenvalue weighted by atomic mass is 16.5. The van der Waals surface area contributed by atoms with Gasteiger partial charge in [0.2, 0.25) is 0 Å². The summed E-state index contributed by atoms with van der Waals surface area (Å²) in [5.41, 5.74) is 7.63. The number of H-pyrrole nitrogens is 2. The number of nitrogens with one attached hydrogen (secondary N) is 3. The van der Waals surface area contributed by atoms with Crippen molar-refractivity contribution >= 4 is 21.8 Å². The van der Waals surface area contributed by atoms with E-state index in [0.29, 0.717) is 0 Å². The second-order valence-electron chi connectivity index (χ2n) is 9.36. The molecule has 8 nitrogen and oxygen atoms in total. The molecule has 0 aliphatic carbocycles. The molecular formula is C29H25N7O. The SMILES string of the molecule is c1ccc(-c2cncc3[nH]c(-c4n[nH]c5ccc(-c6cncc(OC7CCNCC7)c6)cc45)cc23)nc1. The van der Waals surface area contributed by atoms with Gasteiger partial charge in [-0.1, -0.05) is 12.1 Å². The highest BCUT2D eigenvalue weighted by Crippen LogP contribution is 2.34. The van der Waals surface area contributed by atoms with Crippen LogP contribution in [-0.4, -0.2) is 49.3 Å². The number of aromatic amines is 2. The molecule has 0 atom stereocenters. The van der Waals surface area contributed by atoms with E-state index in [1.807, 2.05) is 36.8 Å². The highest BCUT2D eigenvalue weighted by Gasteiger charge is 2.17. The third-order valence-electron chi connectivity index (χ3n) is 6.94. The van der Waals surface area contributed by atoms with Gasteiger partial charge < -0.3 is 15.0 Å². The van der Waals surface area contributed by atoms with Crippen LogP contribution in [-0.2, 0) is 0 Å². The number of benzene rings is 1. The van der Waals surface area contributed by atoms with Gasteiger partial charge in [-0.15, -0.1) is 0 Å². The summed E-state index contributed by atoms with van der Waals surface area (Å²) in [6.07, 6.45) is 11.4. The molecule has 182 valence electrons. The number of pyridine rings is 3. The monoisotopic (exact) mass is 487 g/mol. The molecule has 8 heteroatoms. The lowest BCUT2D eigenvalue weighted by molar-refractivity contribution is 0.162. The van der Waals surface area contributed by atoms with Crippen LogP contribution in [0.3, 0.4) is 0 Å². The molecule has 3 N–H and O–H groups in total. The van der Waals surface area contributed by atoms with E-state index in [1.165, 1.54) is 0 Å². The largest absolute Gasteiger partial charge is 0.489 e. The Hall–Kier alpha value is -4.56. The quantitative estimate of drug-likeness (QED) is 0.302. The Morgan fingerprint density at radius 3 is 2.62 bits per heavy atom. The first-order chi connectivity index (χ1) is 18.3. The summed E-state index contributed by atoms with van der Waals surface area (Å²) in [6.45, 7) is 1.98. The van der Waals surface area contributed by atoms with Gasteiger partial charge >= 0.3 is 0 Å². The van der Waals surface area contributed by atoms with Crippen molar-refractivity contribution in [3.63, 3.8) is 0 Å². The van der Waals surface area contributed by atoms with Gasteiger partial charge in [0.25, 0.3) is 0 Å². The number of fused-ring (bicyclic) bond motifs is 2. The predicted molar refractivity (Wildman–Crippen MR) is 144 cm³/mol. The van der Waals surface area contributed by atoms with Gasteiger partial charge in [0, 0.05) is 40.5 Å². The molecule has 37 heavy (non-hydrogen) atoms. The molecule has 0 saturated carbocycles. The molecule has 6 heterocycles. The van der Waals surface area contributed by atoms with E-state index in [1.54, 1.807) is 12.4 Å². The fourth-order valence-electron chi connectivity index (χ4n) is 5.05. The van der Waals surface area contributed by atoms with Crippen LogP contribution in [0, 0.1) is 0 Å². The van der Waals surface area contributed by atoms with Gasteiger partial charge in [0.1, 0.15) is 17.5 Å². The number of nitrogens with zero attached hydrogens (tertiary/aromatic N) is 4. The zero-order valence-corrected chi connectivity index (χ0v) is 20.1. The van der Waals surface area contributed by atoms with Crippen LogP contribution >= 0.6 is 0 Å². The Balaban J connectivity index is 1.26.